The average molecular weight is 462 g/mol. The van der Waals surface area contributed by atoms with Crippen LogP contribution in [0, 0.1) is 6.92 Å². The SMILES string of the molecule is Cc1cc(CN2CCN([C@H](C)C(=O)Nc3ccc(S(=O)(=O)N4CCCC4)cc3)CC2)no1. The van der Waals surface area contributed by atoms with Gasteiger partial charge in [0.25, 0.3) is 0 Å². The van der Waals surface area contributed by atoms with Crippen LogP contribution < -0.4 is 5.32 Å². The van der Waals surface area contributed by atoms with Gasteiger partial charge in [-0.25, -0.2) is 8.42 Å². The molecule has 2 aliphatic rings. The molecule has 2 aromatic rings. The molecule has 0 spiro atoms. The minimum Gasteiger partial charge on any atom is -0.361 e. The fourth-order valence-corrected chi connectivity index (χ4v) is 5.75. The summed E-state index contributed by atoms with van der Waals surface area (Å²) in [5, 5.41) is 6.96. The number of nitrogens with zero attached hydrogens (tertiary/aromatic N) is 4. The number of sulfonamides is 1. The normalized spacial score (nSPS) is 19.8. The molecule has 10 heteroatoms. The van der Waals surface area contributed by atoms with Gasteiger partial charge in [-0.2, -0.15) is 4.31 Å². The van der Waals surface area contributed by atoms with Gasteiger partial charge in [-0.3, -0.25) is 14.6 Å². The van der Waals surface area contributed by atoms with Crippen LogP contribution >= 0.6 is 0 Å². The molecule has 1 aromatic carbocycles. The second-order valence-electron chi connectivity index (χ2n) is 8.54. The topological polar surface area (TPSA) is 99.0 Å². The van der Waals surface area contributed by atoms with Crippen molar-refractivity contribution in [3.05, 3.63) is 41.8 Å². The Kier molecular flexibility index (Phi) is 6.94. The first-order valence-electron chi connectivity index (χ1n) is 11.1. The number of nitrogens with one attached hydrogen (secondary N) is 1. The van der Waals surface area contributed by atoms with Gasteiger partial charge in [0.15, 0.2) is 0 Å². The summed E-state index contributed by atoms with van der Waals surface area (Å²) in [5.74, 6) is 0.714. The Hall–Kier alpha value is -2.27. The van der Waals surface area contributed by atoms with E-state index in [2.05, 4.69) is 20.3 Å². The first-order valence-corrected chi connectivity index (χ1v) is 12.6. The third-order valence-electron chi connectivity index (χ3n) is 6.22. The van der Waals surface area contributed by atoms with Crippen LogP contribution in [-0.4, -0.2) is 78.9 Å². The van der Waals surface area contributed by atoms with Gasteiger partial charge < -0.3 is 9.84 Å². The number of amides is 1. The lowest BCUT2D eigenvalue weighted by atomic mass is 10.2. The number of aromatic nitrogens is 1. The van der Waals surface area contributed by atoms with E-state index >= 15 is 0 Å². The number of hydrogen-bond donors (Lipinski definition) is 1. The van der Waals surface area contributed by atoms with Gasteiger partial charge in [0, 0.05) is 57.6 Å². The summed E-state index contributed by atoms with van der Waals surface area (Å²) in [4.78, 5) is 17.5. The molecule has 3 heterocycles. The Balaban J connectivity index is 1.28. The van der Waals surface area contributed by atoms with Crippen molar-refractivity contribution in [1.82, 2.24) is 19.3 Å². The molecular weight excluding hydrogens is 430 g/mol. The zero-order valence-electron chi connectivity index (χ0n) is 18.7. The van der Waals surface area contributed by atoms with Crippen LogP contribution in [0.5, 0.6) is 0 Å². The molecule has 0 aliphatic carbocycles. The maximum Gasteiger partial charge on any atom is 0.243 e. The van der Waals surface area contributed by atoms with E-state index in [4.69, 9.17) is 4.52 Å². The van der Waals surface area contributed by atoms with Crippen molar-refractivity contribution in [3.63, 3.8) is 0 Å². The van der Waals surface area contributed by atoms with Crippen LogP contribution in [0.25, 0.3) is 0 Å². The molecule has 2 saturated heterocycles. The highest BCUT2D eigenvalue weighted by Crippen LogP contribution is 2.22. The summed E-state index contributed by atoms with van der Waals surface area (Å²) in [6.07, 6.45) is 1.80. The molecule has 9 nitrogen and oxygen atoms in total. The highest BCUT2D eigenvalue weighted by Gasteiger charge is 2.28. The van der Waals surface area contributed by atoms with Crippen LogP contribution in [0.4, 0.5) is 5.69 Å². The predicted octanol–water partition coefficient (Wildman–Crippen LogP) is 1.91. The number of anilines is 1. The number of benzene rings is 1. The third kappa shape index (κ3) is 5.20. The zero-order valence-corrected chi connectivity index (χ0v) is 19.5. The van der Waals surface area contributed by atoms with Crippen molar-refractivity contribution in [2.24, 2.45) is 0 Å². The number of carbonyl (C=O) groups is 1. The van der Waals surface area contributed by atoms with E-state index < -0.39 is 10.0 Å². The first kappa shape index (κ1) is 22.9. The minimum absolute atomic E-state index is 0.0965. The van der Waals surface area contributed by atoms with Gasteiger partial charge in [-0.05, 0) is 51.0 Å². The van der Waals surface area contributed by atoms with Crippen LogP contribution in [-0.2, 0) is 21.4 Å². The van der Waals surface area contributed by atoms with Crippen LogP contribution in [0.3, 0.4) is 0 Å². The lowest BCUT2D eigenvalue weighted by Gasteiger charge is -2.37. The Morgan fingerprint density at radius 2 is 1.75 bits per heavy atom. The Morgan fingerprint density at radius 3 is 2.34 bits per heavy atom. The van der Waals surface area contributed by atoms with Gasteiger partial charge >= 0.3 is 0 Å². The Bertz CT molecular complexity index is 1020. The molecule has 1 N–H and O–H groups in total. The molecular formula is C22H31N5O4S. The van der Waals surface area contributed by atoms with E-state index in [1.54, 1.807) is 24.3 Å². The van der Waals surface area contributed by atoms with Crippen molar-refractivity contribution in [3.8, 4) is 0 Å². The van der Waals surface area contributed by atoms with Gasteiger partial charge in [0.2, 0.25) is 15.9 Å². The number of piperazine rings is 1. The van der Waals surface area contributed by atoms with Crippen molar-refractivity contribution < 1.29 is 17.7 Å². The lowest BCUT2D eigenvalue weighted by molar-refractivity contribution is -0.121. The van der Waals surface area contributed by atoms with E-state index in [0.717, 1.165) is 57.0 Å². The summed E-state index contributed by atoms with van der Waals surface area (Å²) in [7, 11) is -3.45. The first-order chi connectivity index (χ1) is 15.3. The predicted molar refractivity (Wildman–Crippen MR) is 121 cm³/mol. The maximum absolute atomic E-state index is 12.8. The molecule has 2 aliphatic heterocycles. The van der Waals surface area contributed by atoms with E-state index in [0.29, 0.717) is 18.8 Å². The molecule has 2 fully saturated rings. The van der Waals surface area contributed by atoms with Crippen LogP contribution in [0.2, 0.25) is 0 Å². The quantitative estimate of drug-likeness (QED) is 0.672. The average Bonchev–Trinajstić information content (AvgIpc) is 3.47. The number of carbonyl (C=O) groups excluding carboxylic acids is 1. The second kappa shape index (κ2) is 9.70. The molecule has 1 aromatic heterocycles. The van der Waals surface area contributed by atoms with Crippen molar-refractivity contribution >= 4 is 21.6 Å². The molecule has 0 unspecified atom stereocenters. The standard InChI is InChI=1S/C22H31N5O4S/c1-17-15-20(24-31-17)16-25-11-13-26(14-12-25)18(2)22(28)23-19-5-7-21(8-6-19)32(29,30)27-9-3-4-10-27/h5-8,15,18H,3-4,9-14,16H2,1-2H3,(H,23,28)/t18-/m1/s1. The minimum atomic E-state index is -3.45. The lowest BCUT2D eigenvalue weighted by Crippen LogP contribution is -2.52. The molecule has 174 valence electrons. The fraction of sp³-hybridized carbons (Fsp3) is 0.545. The summed E-state index contributed by atoms with van der Waals surface area (Å²) in [6, 6.07) is 8.12. The fourth-order valence-electron chi connectivity index (χ4n) is 4.23. The van der Waals surface area contributed by atoms with Gasteiger partial charge in [0.1, 0.15) is 5.76 Å². The summed E-state index contributed by atoms with van der Waals surface area (Å²) in [5.41, 5.74) is 1.53. The van der Waals surface area contributed by atoms with Crippen molar-refractivity contribution in [2.75, 3.05) is 44.6 Å². The molecule has 0 bridgehead atoms. The van der Waals surface area contributed by atoms with E-state index in [9.17, 15) is 13.2 Å². The van der Waals surface area contributed by atoms with Gasteiger partial charge in [0.05, 0.1) is 16.6 Å². The Morgan fingerprint density at radius 1 is 1.09 bits per heavy atom. The van der Waals surface area contributed by atoms with Crippen molar-refractivity contribution in [1.29, 1.82) is 0 Å². The van der Waals surface area contributed by atoms with Gasteiger partial charge in [-0.15, -0.1) is 0 Å². The summed E-state index contributed by atoms with van der Waals surface area (Å²) >= 11 is 0. The van der Waals surface area contributed by atoms with Crippen LogP contribution in [0.15, 0.2) is 39.8 Å². The molecule has 1 atom stereocenters. The number of rotatable bonds is 7. The molecule has 0 saturated carbocycles. The smallest absolute Gasteiger partial charge is 0.243 e. The van der Waals surface area contributed by atoms with Gasteiger partial charge in [-0.1, -0.05) is 5.16 Å². The van der Waals surface area contributed by atoms with E-state index in [1.807, 2.05) is 19.9 Å². The molecule has 0 radical (unpaired) electrons. The highest BCUT2D eigenvalue weighted by atomic mass is 32.2. The Labute approximate surface area is 189 Å². The largest absolute Gasteiger partial charge is 0.361 e. The van der Waals surface area contributed by atoms with E-state index in [1.165, 1.54) is 4.31 Å². The molecule has 32 heavy (non-hydrogen) atoms. The molecule has 4 rings (SSSR count). The zero-order chi connectivity index (χ0) is 22.7. The monoisotopic (exact) mass is 461 g/mol. The number of aryl methyl sites for hydroxylation is 1. The summed E-state index contributed by atoms with van der Waals surface area (Å²) in [6.45, 7) is 8.97. The third-order valence-corrected chi connectivity index (χ3v) is 8.13. The van der Waals surface area contributed by atoms with E-state index in [-0.39, 0.29) is 16.8 Å². The maximum atomic E-state index is 12.8. The summed E-state index contributed by atoms with van der Waals surface area (Å²) < 4.78 is 31.9. The van der Waals surface area contributed by atoms with Crippen molar-refractivity contribution in [2.45, 2.75) is 44.2 Å². The second-order valence-corrected chi connectivity index (χ2v) is 10.5. The molecule has 1 amide bonds. The number of hydrogen-bond acceptors (Lipinski definition) is 7. The van der Waals surface area contributed by atoms with Crippen LogP contribution in [0.1, 0.15) is 31.2 Å². The highest BCUT2D eigenvalue weighted by molar-refractivity contribution is 7.89.